The van der Waals surface area contributed by atoms with Gasteiger partial charge in [0.1, 0.15) is 6.10 Å². The van der Waals surface area contributed by atoms with Crippen LogP contribution in [-0.4, -0.2) is 48.7 Å². The number of carbonyl (C=O) groups excluding carboxylic acids is 1. The van der Waals surface area contributed by atoms with E-state index in [0.717, 1.165) is 19.4 Å². The van der Waals surface area contributed by atoms with Crippen molar-refractivity contribution in [2.75, 3.05) is 19.7 Å². The van der Waals surface area contributed by atoms with Crippen molar-refractivity contribution in [2.24, 2.45) is 0 Å². The van der Waals surface area contributed by atoms with Gasteiger partial charge in [-0.2, -0.15) is 0 Å². The number of morpholine rings is 1. The predicted molar refractivity (Wildman–Crippen MR) is 62.2 cm³/mol. The third-order valence-corrected chi connectivity index (χ3v) is 3.65. The van der Waals surface area contributed by atoms with Gasteiger partial charge in [-0.05, 0) is 33.1 Å². The van der Waals surface area contributed by atoms with E-state index in [9.17, 15) is 4.79 Å². The smallest absolute Gasteiger partial charge is 0.253 e. The minimum atomic E-state index is -0.267. The molecular weight excluding hydrogens is 204 g/mol. The Morgan fingerprint density at radius 1 is 1.31 bits per heavy atom. The molecule has 2 saturated heterocycles. The Labute approximate surface area is 97.3 Å². The average molecular weight is 226 g/mol. The number of likely N-dealkylation sites (tertiary alicyclic amines) is 1. The Balaban J connectivity index is 2.00. The summed E-state index contributed by atoms with van der Waals surface area (Å²) < 4.78 is 5.54. The Bertz CT molecular complexity index is 241. The lowest BCUT2D eigenvalue weighted by atomic mass is 9.96. The SMILES string of the molecule is CC1CCCC(C)N1C(=O)C1CNCCO1. The molecule has 0 spiro atoms. The van der Waals surface area contributed by atoms with Crippen LogP contribution in [0.15, 0.2) is 0 Å². The molecule has 2 aliphatic heterocycles. The van der Waals surface area contributed by atoms with Gasteiger partial charge >= 0.3 is 0 Å². The summed E-state index contributed by atoms with van der Waals surface area (Å²) in [7, 11) is 0. The summed E-state index contributed by atoms with van der Waals surface area (Å²) >= 11 is 0. The Morgan fingerprint density at radius 2 is 2.00 bits per heavy atom. The van der Waals surface area contributed by atoms with Crippen LogP contribution in [0.2, 0.25) is 0 Å². The molecule has 0 radical (unpaired) electrons. The molecule has 0 aliphatic carbocycles. The number of rotatable bonds is 1. The summed E-state index contributed by atoms with van der Waals surface area (Å²) in [4.78, 5) is 14.4. The van der Waals surface area contributed by atoms with Gasteiger partial charge in [-0.1, -0.05) is 0 Å². The van der Waals surface area contributed by atoms with Crippen LogP contribution in [0.1, 0.15) is 33.1 Å². The minimum absolute atomic E-state index is 0.173. The van der Waals surface area contributed by atoms with Gasteiger partial charge in [0.2, 0.25) is 0 Å². The van der Waals surface area contributed by atoms with Crippen molar-refractivity contribution < 1.29 is 9.53 Å². The first-order valence-electron chi connectivity index (χ1n) is 6.34. The van der Waals surface area contributed by atoms with Crippen LogP contribution in [0.5, 0.6) is 0 Å². The largest absolute Gasteiger partial charge is 0.366 e. The molecule has 16 heavy (non-hydrogen) atoms. The van der Waals surface area contributed by atoms with E-state index in [-0.39, 0.29) is 12.0 Å². The van der Waals surface area contributed by atoms with Gasteiger partial charge in [0.05, 0.1) is 6.61 Å². The summed E-state index contributed by atoms with van der Waals surface area (Å²) in [6, 6.07) is 0.726. The normalized spacial score (nSPS) is 36.1. The summed E-state index contributed by atoms with van der Waals surface area (Å²) in [6.07, 6.45) is 3.21. The number of hydrogen-bond acceptors (Lipinski definition) is 3. The van der Waals surface area contributed by atoms with Crippen LogP contribution in [-0.2, 0) is 9.53 Å². The highest BCUT2D eigenvalue weighted by molar-refractivity contribution is 5.82. The summed E-state index contributed by atoms with van der Waals surface area (Å²) in [5, 5.41) is 3.21. The molecule has 0 aromatic rings. The van der Waals surface area contributed by atoms with E-state index >= 15 is 0 Å². The monoisotopic (exact) mass is 226 g/mol. The van der Waals surface area contributed by atoms with E-state index in [1.807, 2.05) is 4.90 Å². The average Bonchev–Trinajstić information content (AvgIpc) is 2.30. The van der Waals surface area contributed by atoms with Gasteiger partial charge in [-0.15, -0.1) is 0 Å². The van der Waals surface area contributed by atoms with Crippen molar-refractivity contribution in [3.8, 4) is 0 Å². The lowest BCUT2D eigenvalue weighted by molar-refractivity contribution is -0.151. The first-order valence-corrected chi connectivity index (χ1v) is 6.34. The molecule has 0 aromatic carbocycles. The van der Waals surface area contributed by atoms with Crippen molar-refractivity contribution in [1.82, 2.24) is 10.2 Å². The van der Waals surface area contributed by atoms with Crippen molar-refractivity contribution in [1.29, 1.82) is 0 Å². The number of hydrogen-bond donors (Lipinski definition) is 1. The highest BCUT2D eigenvalue weighted by Crippen LogP contribution is 2.23. The first-order chi connectivity index (χ1) is 7.70. The molecule has 2 aliphatic rings. The van der Waals surface area contributed by atoms with Crippen LogP contribution in [0.4, 0.5) is 0 Å². The maximum atomic E-state index is 12.3. The van der Waals surface area contributed by atoms with Gasteiger partial charge in [0.15, 0.2) is 0 Å². The summed E-state index contributed by atoms with van der Waals surface area (Å²) in [5.74, 6) is 0.173. The highest BCUT2D eigenvalue weighted by Gasteiger charge is 2.34. The zero-order valence-corrected chi connectivity index (χ0v) is 10.2. The van der Waals surface area contributed by atoms with Crippen LogP contribution in [0, 0.1) is 0 Å². The fourth-order valence-electron chi connectivity index (χ4n) is 2.75. The molecular formula is C12H22N2O2. The van der Waals surface area contributed by atoms with E-state index in [0.29, 0.717) is 25.2 Å². The van der Waals surface area contributed by atoms with Crippen molar-refractivity contribution >= 4 is 5.91 Å². The third kappa shape index (κ3) is 2.38. The topological polar surface area (TPSA) is 41.6 Å². The van der Waals surface area contributed by atoms with Crippen molar-refractivity contribution in [3.05, 3.63) is 0 Å². The number of carbonyl (C=O) groups is 1. The number of amides is 1. The van der Waals surface area contributed by atoms with Gasteiger partial charge in [0.25, 0.3) is 5.91 Å². The number of ether oxygens (including phenoxy) is 1. The van der Waals surface area contributed by atoms with Gasteiger partial charge in [0, 0.05) is 25.2 Å². The number of piperidine rings is 1. The molecule has 4 nitrogen and oxygen atoms in total. The molecule has 2 heterocycles. The number of nitrogens with zero attached hydrogens (tertiary/aromatic N) is 1. The molecule has 3 unspecified atom stereocenters. The predicted octanol–water partition coefficient (Wildman–Crippen LogP) is 0.764. The lowest BCUT2D eigenvalue weighted by Gasteiger charge is -2.41. The zero-order valence-electron chi connectivity index (χ0n) is 10.2. The van der Waals surface area contributed by atoms with E-state index in [4.69, 9.17) is 4.74 Å². The molecule has 0 aromatic heterocycles. The van der Waals surface area contributed by atoms with Crippen LogP contribution >= 0.6 is 0 Å². The van der Waals surface area contributed by atoms with Crippen molar-refractivity contribution in [3.63, 3.8) is 0 Å². The van der Waals surface area contributed by atoms with Gasteiger partial charge in [-0.25, -0.2) is 0 Å². The molecule has 3 atom stereocenters. The second kappa shape index (κ2) is 5.15. The Hall–Kier alpha value is -0.610. The molecule has 4 heteroatoms. The molecule has 1 N–H and O–H groups in total. The Kier molecular flexibility index (Phi) is 3.82. The minimum Gasteiger partial charge on any atom is -0.366 e. The first kappa shape index (κ1) is 11.9. The molecule has 2 fully saturated rings. The molecule has 0 bridgehead atoms. The third-order valence-electron chi connectivity index (χ3n) is 3.65. The summed E-state index contributed by atoms with van der Waals surface area (Å²) in [5.41, 5.74) is 0. The second-order valence-electron chi connectivity index (χ2n) is 4.94. The van der Waals surface area contributed by atoms with Gasteiger partial charge < -0.3 is 15.0 Å². The summed E-state index contributed by atoms with van der Waals surface area (Å²) in [6.45, 7) is 6.45. The van der Waals surface area contributed by atoms with Crippen LogP contribution in [0.3, 0.4) is 0 Å². The van der Waals surface area contributed by atoms with E-state index < -0.39 is 0 Å². The quantitative estimate of drug-likeness (QED) is 0.718. The Morgan fingerprint density at radius 3 is 2.56 bits per heavy atom. The van der Waals surface area contributed by atoms with E-state index in [1.54, 1.807) is 0 Å². The maximum absolute atomic E-state index is 12.3. The fourth-order valence-corrected chi connectivity index (χ4v) is 2.75. The maximum Gasteiger partial charge on any atom is 0.253 e. The molecule has 2 rings (SSSR count). The number of nitrogens with one attached hydrogen (secondary N) is 1. The van der Waals surface area contributed by atoms with E-state index in [2.05, 4.69) is 19.2 Å². The highest BCUT2D eigenvalue weighted by atomic mass is 16.5. The van der Waals surface area contributed by atoms with Crippen molar-refractivity contribution in [2.45, 2.75) is 51.3 Å². The van der Waals surface area contributed by atoms with Gasteiger partial charge in [-0.3, -0.25) is 4.79 Å². The zero-order chi connectivity index (χ0) is 11.5. The van der Waals surface area contributed by atoms with E-state index in [1.165, 1.54) is 6.42 Å². The van der Waals surface area contributed by atoms with Crippen LogP contribution < -0.4 is 5.32 Å². The molecule has 92 valence electrons. The molecule has 0 saturated carbocycles. The standard InChI is InChI=1S/C12H22N2O2/c1-9-4-3-5-10(2)14(9)12(15)11-8-13-6-7-16-11/h9-11,13H,3-8H2,1-2H3. The molecule has 1 amide bonds. The second-order valence-corrected chi connectivity index (χ2v) is 4.94. The lowest BCUT2D eigenvalue weighted by Crippen LogP contribution is -2.55. The fraction of sp³-hybridized carbons (Fsp3) is 0.917. The van der Waals surface area contributed by atoms with Crippen LogP contribution in [0.25, 0.3) is 0 Å².